The Morgan fingerprint density at radius 1 is 1.07 bits per heavy atom. The minimum absolute atomic E-state index is 0.768. The lowest BCUT2D eigenvalue weighted by molar-refractivity contribution is -0.145. The van der Waals surface area contributed by atoms with Gasteiger partial charge in [-0.3, -0.25) is 9.59 Å². The van der Waals surface area contributed by atoms with Crippen molar-refractivity contribution in [2.24, 2.45) is 5.73 Å². The molecule has 0 saturated carbocycles. The Hall–Kier alpha value is -0.860. The van der Waals surface area contributed by atoms with Crippen LogP contribution in [0.5, 0.6) is 0 Å². The molecule has 0 bridgehead atoms. The maximum Gasteiger partial charge on any atom is 0.230 e. The largest absolute Gasteiger partial charge is 0.394 e. The molecule has 0 aliphatic heterocycles. The van der Waals surface area contributed by atoms with Crippen LogP contribution in [0.1, 0.15) is 0 Å². The van der Waals surface area contributed by atoms with Gasteiger partial charge in [-0.1, -0.05) is 0 Å². The van der Waals surface area contributed by atoms with Crippen LogP contribution in [0.25, 0.3) is 0 Å². The van der Waals surface area contributed by atoms with Gasteiger partial charge in [0.1, 0.15) is 12.1 Å². The molecule has 0 aromatic carbocycles. The molecule has 7 heteroatoms. The van der Waals surface area contributed by atoms with E-state index in [1.54, 1.807) is 0 Å². The minimum Gasteiger partial charge on any atom is -0.394 e. The molecule has 0 heterocycles. The molecule has 0 rings (SSSR count). The number of nitrogens with two attached hydrogens (primary N) is 1. The maximum atomic E-state index is 11.0. The normalized spacial score (nSPS) is 17.2. The molecule has 0 radical (unpaired) electrons. The summed E-state index contributed by atoms with van der Waals surface area (Å²) in [6.45, 7) is -1.66. The van der Waals surface area contributed by atoms with Crippen molar-refractivity contribution in [2.45, 2.75) is 18.2 Å². The van der Waals surface area contributed by atoms with E-state index in [2.05, 4.69) is 0 Å². The molecule has 7 nitrogen and oxygen atoms in total. The van der Waals surface area contributed by atoms with E-state index in [4.69, 9.17) is 26.2 Å². The first-order chi connectivity index (χ1) is 6.45. The Bertz CT molecular complexity index is 218. The van der Waals surface area contributed by atoms with Crippen LogP contribution in [0.3, 0.4) is 0 Å². The van der Waals surface area contributed by atoms with Crippen LogP contribution in [0, 0.1) is 0 Å². The average Bonchev–Trinajstić information content (AvgIpc) is 2.23. The van der Waals surface area contributed by atoms with E-state index in [0.717, 1.165) is 0 Å². The van der Waals surface area contributed by atoms with Crippen molar-refractivity contribution in [1.82, 2.24) is 0 Å². The highest BCUT2D eigenvalue weighted by atomic mass is 16.3. The highest BCUT2D eigenvalue weighted by Gasteiger charge is 2.31. The summed E-state index contributed by atoms with van der Waals surface area (Å²) >= 11 is 0. The van der Waals surface area contributed by atoms with Crippen LogP contribution in [-0.2, 0) is 9.59 Å². The summed E-state index contributed by atoms with van der Waals surface area (Å²) in [5.74, 6) is -2.51. The molecule has 0 aliphatic carbocycles. The summed E-state index contributed by atoms with van der Waals surface area (Å²) in [6, 6.07) is -1.59. The Balaban J connectivity index is 4.39. The monoisotopic (exact) mass is 207 g/mol. The zero-order valence-electron chi connectivity index (χ0n) is 7.33. The lowest BCUT2D eigenvalue weighted by Gasteiger charge is -2.15. The van der Waals surface area contributed by atoms with E-state index in [9.17, 15) is 9.59 Å². The van der Waals surface area contributed by atoms with E-state index in [0.29, 0.717) is 0 Å². The van der Waals surface area contributed by atoms with E-state index >= 15 is 0 Å². The van der Waals surface area contributed by atoms with E-state index in [-0.39, 0.29) is 0 Å². The van der Waals surface area contributed by atoms with Crippen LogP contribution < -0.4 is 5.73 Å². The van der Waals surface area contributed by atoms with Gasteiger partial charge in [-0.25, -0.2) is 0 Å². The highest BCUT2D eigenvalue weighted by molar-refractivity contribution is 6.40. The molecule has 0 aromatic rings. The van der Waals surface area contributed by atoms with Crippen LogP contribution in [0.2, 0.25) is 0 Å². The SMILES string of the molecule is N[C@H](C(=O)C(=O)[C@H](O)CO)C(O)CO. The summed E-state index contributed by atoms with van der Waals surface area (Å²) < 4.78 is 0. The first kappa shape index (κ1) is 13.1. The fraction of sp³-hybridized carbons (Fsp3) is 0.714. The predicted octanol–water partition coefficient (Wildman–Crippen LogP) is -3.84. The zero-order valence-corrected chi connectivity index (χ0v) is 7.33. The number of carbonyl (C=O) groups excluding carboxylic acids is 2. The summed E-state index contributed by atoms with van der Waals surface area (Å²) in [5, 5.41) is 34.5. The Morgan fingerprint density at radius 3 is 1.93 bits per heavy atom. The third-order valence-electron chi connectivity index (χ3n) is 1.62. The van der Waals surface area contributed by atoms with Crippen molar-refractivity contribution in [2.75, 3.05) is 13.2 Å². The topological polar surface area (TPSA) is 141 Å². The number of aliphatic hydroxyl groups excluding tert-OH is 4. The van der Waals surface area contributed by atoms with Gasteiger partial charge in [0.25, 0.3) is 0 Å². The molecule has 0 amide bonds. The van der Waals surface area contributed by atoms with Crippen molar-refractivity contribution in [3.8, 4) is 0 Å². The first-order valence-corrected chi connectivity index (χ1v) is 3.87. The predicted molar refractivity (Wildman–Crippen MR) is 44.2 cm³/mol. The molecule has 0 aliphatic rings. The maximum absolute atomic E-state index is 11.0. The van der Waals surface area contributed by atoms with Crippen molar-refractivity contribution in [1.29, 1.82) is 0 Å². The summed E-state index contributed by atoms with van der Waals surface area (Å²) in [7, 11) is 0. The third kappa shape index (κ3) is 3.13. The van der Waals surface area contributed by atoms with Crippen molar-refractivity contribution >= 4 is 11.6 Å². The Kier molecular flexibility index (Phi) is 5.43. The van der Waals surface area contributed by atoms with E-state index < -0.39 is 43.0 Å². The lowest BCUT2D eigenvalue weighted by Crippen LogP contribution is -2.49. The van der Waals surface area contributed by atoms with Gasteiger partial charge < -0.3 is 26.2 Å². The quantitative estimate of drug-likeness (QED) is 0.281. The smallest absolute Gasteiger partial charge is 0.230 e. The summed E-state index contributed by atoms with van der Waals surface area (Å²) in [5.41, 5.74) is 5.09. The molecule has 14 heavy (non-hydrogen) atoms. The van der Waals surface area contributed by atoms with Crippen LogP contribution in [-0.4, -0.2) is 63.5 Å². The fourth-order valence-electron chi connectivity index (χ4n) is 0.700. The van der Waals surface area contributed by atoms with Crippen molar-refractivity contribution < 1.29 is 30.0 Å². The second-order valence-electron chi connectivity index (χ2n) is 2.70. The molecule has 6 N–H and O–H groups in total. The number of Topliss-reactive ketones (excluding diaryl/α,β-unsaturated/α-hetero) is 2. The van der Waals surface area contributed by atoms with Crippen molar-refractivity contribution in [3.05, 3.63) is 0 Å². The van der Waals surface area contributed by atoms with Gasteiger partial charge in [-0.2, -0.15) is 0 Å². The van der Waals surface area contributed by atoms with Gasteiger partial charge >= 0.3 is 0 Å². The second kappa shape index (κ2) is 5.78. The van der Waals surface area contributed by atoms with Gasteiger partial charge in [0.2, 0.25) is 11.6 Å². The van der Waals surface area contributed by atoms with Gasteiger partial charge in [0.05, 0.1) is 19.3 Å². The standard InChI is InChI=1S/C7H13NO6/c8-5(3(11)1-9)7(14)6(13)4(12)2-10/h3-5,9-12H,1-2,8H2/t3?,4-,5+/m1/s1. The lowest BCUT2D eigenvalue weighted by atomic mass is 10.0. The molecule has 82 valence electrons. The molecule has 0 saturated heterocycles. The summed E-state index contributed by atoms with van der Waals surface area (Å²) in [4.78, 5) is 21.9. The van der Waals surface area contributed by atoms with Crippen LogP contribution in [0.4, 0.5) is 0 Å². The zero-order chi connectivity index (χ0) is 11.3. The van der Waals surface area contributed by atoms with Gasteiger partial charge in [-0.15, -0.1) is 0 Å². The Labute approximate surface area is 79.8 Å². The number of hydrogen-bond donors (Lipinski definition) is 5. The van der Waals surface area contributed by atoms with Crippen LogP contribution >= 0.6 is 0 Å². The van der Waals surface area contributed by atoms with E-state index in [1.165, 1.54) is 0 Å². The molecular formula is C7H13NO6. The number of carbonyl (C=O) groups is 2. The van der Waals surface area contributed by atoms with Crippen molar-refractivity contribution in [3.63, 3.8) is 0 Å². The average molecular weight is 207 g/mol. The van der Waals surface area contributed by atoms with E-state index in [1.807, 2.05) is 0 Å². The number of aliphatic hydroxyl groups is 4. The number of hydrogen-bond acceptors (Lipinski definition) is 7. The molecular weight excluding hydrogens is 194 g/mol. The molecule has 0 spiro atoms. The third-order valence-corrected chi connectivity index (χ3v) is 1.62. The molecule has 1 unspecified atom stereocenters. The summed E-state index contributed by atoms with van der Waals surface area (Å²) in [6.07, 6.45) is -3.39. The van der Waals surface area contributed by atoms with Gasteiger partial charge in [0.15, 0.2) is 0 Å². The molecule has 3 atom stereocenters. The minimum atomic E-state index is -1.83. The van der Waals surface area contributed by atoms with Gasteiger partial charge in [-0.05, 0) is 0 Å². The Morgan fingerprint density at radius 2 is 1.57 bits per heavy atom. The van der Waals surface area contributed by atoms with Crippen LogP contribution in [0.15, 0.2) is 0 Å². The second-order valence-corrected chi connectivity index (χ2v) is 2.70. The number of rotatable bonds is 6. The highest BCUT2D eigenvalue weighted by Crippen LogP contribution is 1.96. The molecule has 0 aromatic heterocycles. The van der Waals surface area contributed by atoms with Gasteiger partial charge in [0, 0.05) is 0 Å². The molecule has 0 fully saturated rings. The fourth-order valence-corrected chi connectivity index (χ4v) is 0.700. The number of ketones is 2. The first-order valence-electron chi connectivity index (χ1n) is 3.87.